The summed E-state index contributed by atoms with van der Waals surface area (Å²) in [6.07, 6.45) is 0.437. The zero-order valence-electron chi connectivity index (χ0n) is 13.4. The molecule has 0 aliphatic carbocycles. The number of benzene rings is 2. The van der Waals surface area contributed by atoms with Crippen molar-refractivity contribution in [3.63, 3.8) is 0 Å². The van der Waals surface area contributed by atoms with Gasteiger partial charge in [0.05, 0.1) is 11.6 Å². The number of carbonyl (C=O) groups is 2. The Labute approximate surface area is 143 Å². The molecule has 0 aromatic heterocycles. The molecule has 1 fully saturated rings. The average Bonchev–Trinajstić information content (AvgIpc) is 2.89. The molecule has 1 heterocycles. The van der Waals surface area contributed by atoms with E-state index in [0.717, 1.165) is 5.69 Å². The number of halogens is 2. The van der Waals surface area contributed by atoms with Crippen molar-refractivity contribution in [3.8, 4) is 5.75 Å². The van der Waals surface area contributed by atoms with Gasteiger partial charge < -0.3 is 4.74 Å². The smallest absolute Gasteiger partial charge is 0.387 e. The molecule has 0 saturated carbocycles. The molecule has 7 heteroatoms. The van der Waals surface area contributed by atoms with E-state index in [1.807, 2.05) is 37.3 Å². The van der Waals surface area contributed by atoms with Crippen LogP contribution in [-0.4, -0.2) is 31.5 Å². The lowest BCUT2D eigenvalue weighted by atomic mass is 10.2. The topological polar surface area (TPSA) is 49.9 Å². The van der Waals surface area contributed by atoms with Crippen molar-refractivity contribution >= 4 is 23.7 Å². The molecule has 1 aliphatic rings. The lowest BCUT2D eigenvalue weighted by Crippen LogP contribution is -2.33. The highest BCUT2D eigenvalue weighted by Crippen LogP contribution is 2.32. The van der Waals surface area contributed by atoms with Crippen LogP contribution in [0.1, 0.15) is 17.3 Å². The van der Waals surface area contributed by atoms with E-state index < -0.39 is 6.61 Å². The van der Waals surface area contributed by atoms with Crippen LogP contribution in [-0.2, 0) is 0 Å². The van der Waals surface area contributed by atoms with Crippen LogP contribution in [0, 0.1) is 0 Å². The van der Waals surface area contributed by atoms with Gasteiger partial charge in [-0.05, 0) is 31.2 Å². The molecule has 1 aliphatic heterocycles. The van der Waals surface area contributed by atoms with Gasteiger partial charge in [-0.3, -0.25) is 14.6 Å². The summed E-state index contributed by atoms with van der Waals surface area (Å²) in [5.41, 5.74) is 1.16. The molecule has 3 rings (SSSR count). The van der Waals surface area contributed by atoms with Gasteiger partial charge in [0.15, 0.2) is 6.29 Å². The molecule has 2 aromatic carbocycles. The van der Waals surface area contributed by atoms with Gasteiger partial charge in [0, 0.05) is 24.0 Å². The second-order valence-electron chi connectivity index (χ2n) is 5.67. The van der Waals surface area contributed by atoms with Crippen molar-refractivity contribution in [2.24, 2.45) is 0 Å². The molecule has 25 heavy (non-hydrogen) atoms. The predicted molar refractivity (Wildman–Crippen MR) is 89.6 cm³/mol. The van der Waals surface area contributed by atoms with Gasteiger partial charge in [-0.2, -0.15) is 8.78 Å². The minimum Gasteiger partial charge on any atom is -0.434 e. The van der Waals surface area contributed by atoms with E-state index in [4.69, 9.17) is 0 Å². The normalized spacial score (nSPS) is 17.3. The zero-order chi connectivity index (χ0) is 18.0. The summed E-state index contributed by atoms with van der Waals surface area (Å²) in [6.45, 7) is -0.758. The van der Waals surface area contributed by atoms with E-state index in [-0.39, 0.29) is 23.4 Å². The van der Waals surface area contributed by atoms with Crippen LogP contribution in [0.5, 0.6) is 5.75 Å². The highest BCUT2D eigenvalue weighted by atomic mass is 19.3. The van der Waals surface area contributed by atoms with Gasteiger partial charge in [0.1, 0.15) is 5.75 Å². The summed E-state index contributed by atoms with van der Waals surface area (Å²) < 4.78 is 29.5. The number of carbonyl (C=O) groups excluding carboxylic acids is 2. The lowest BCUT2D eigenvalue weighted by Gasteiger charge is -2.21. The molecule has 2 amide bonds. The average molecular weight is 346 g/mol. The van der Waals surface area contributed by atoms with Crippen LogP contribution < -0.4 is 14.5 Å². The van der Waals surface area contributed by atoms with Crippen molar-refractivity contribution in [3.05, 3.63) is 54.1 Å². The van der Waals surface area contributed by atoms with E-state index in [1.54, 1.807) is 11.0 Å². The lowest BCUT2D eigenvalue weighted by molar-refractivity contribution is -0.0500. The van der Waals surface area contributed by atoms with Crippen LogP contribution in [0.25, 0.3) is 0 Å². The standard InChI is InChI=1S/C18H16F2N2O3/c1-12-10-21(18(24)22(12)14-5-3-2-4-6-14)15-8-7-13(11-23)16(9-15)25-17(19)20/h2-9,11-12,17H,10H2,1H3/t12-/m1/s1. The van der Waals surface area contributed by atoms with E-state index in [2.05, 4.69) is 4.74 Å². The maximum atomic E-state index is 12.8. The minimum absolute atomic E-state index is 0.00339. The van der Waals surface area contributed by atoms with Gasteiger partial charge in [-0.1, -0.05) is 18.2 Å². The van der Waals surface area contributed by atoms with Crippen LogP contribution in [0.3, 0.4) is 0 Å². The van der Waals surface area contributed by atoms with Crippen molar-refractivity contribution < 1.29 is 23.1 Å². The fraction of sp³-hybridized carbons (Fsp3) is 0.222. The number of alkyl halides is 2. The quantitative estimate of drug-likeness (QED) is 0.771. The third-order valence-electron chi connectivity index (χ3n) is 4.01. The van der Waals surface area contributed by atoms with Crippen molar-refractivity contribution in [2.75, 3.05) is 16.3 Å². The maximum absolute atomic E-state index is 12.8. The number of nitrogens with zero attached hydrogens (tertiary/aromatic N) is 2. The van der Waals surface area contributed by atoms with Gasteiger partial charge in [0.2, 0.25) is 0 Å². The Morgan fingerprint density at radius 1 is 1.16 bits per heavy atom. The number of amides is 2. The molecular weight excluding hydrogens is 330 g/mol. The number of urea groups is 1. The summed E-state index contributed by atoms with van der Waals surface area (Å²) in [5.74, 6) is -0.249. The van der Waals surface area contributed by atoms with Crippen LogP contribution in [0.4, 0.5) is 25.0 Å². The molecule has 0 bridgehead atoms. The highest BCUT2D eigenvalue weighted by molar-refractivity contribution is 6.07. The monoisotopic (exact) mass is 346 g/mol. The first-order valence-corrected chi connectivity index (χ1v) is 7.71. The number of anilines is 2. The number of hydrogen-bond acceptors (Lipinski definition) is 3. The van der Waals surface area contributed by atoms with E-state index >= 15 is 0 Å². The number of ether oxygens (including phenoxy) is 1. The first-order chi connectivity index (χ1) is 12.0. The molecule has 5 nitrogen and oxygen atoms in total. The van der Waals surface area contributed by atoms with Gasteiger partial charge in [-0.15, -0.1) is 0 Å². The fourth-order valence-corrected chi connectivity index (χ4v) is 2.90. The number of para-hydroxylation sites is 1. The van der Waals surface area contributed by atoms with Crippen molar-refractivity contribution in [2.45, 2.75) is 19.6 Å². The maximum Gasteiger partial charge on any atom is 0.387 e. The summed E-state index contributed by atoms with van der Waals surface area (Å²) in [4.78, 5) is 26.9. The largest absolute Gasteiger partial charge is 0.434 e. The number of aldehydes is 1. The van der Waals surface area contributed by atoms with Gasteiger partial charge >= 0.3 is 12.6 Å². The van der Waals surface area contributed by atoms with E-state index in [0.29, 0.717) is 18.5 Å². The second-order valence-corrected chi connectivity index (χ2v) is 5.67. The second kappa shape index (κ2) is 6.88. The Hall–Kier alpha value is -2.96. The fourth-order valence-electron chi connectivity index (χ4n) is 2.90. The van der Waals surface area contributed by atoms with Crippen LogP contribution in [0.2, 0.25) is 0 Å². The van der Waals surface area contributed by atoms with Gasteiger partial charge in [0.25, 0.3) is 0 Å². The number of hydrogen-bond donors (Lipinski definition) is 0. The Bertz CT molecular complexity index is 783. The number of rotatable bonds is 5. The third-order valence-corrected chi connectivity index (χ3v) is 4.01. The Kier molecular flexibility index (Phi) is 4.65. The minimum atomic E-state index is -3.05. The zero-order valence-corrected chi connectivity index (χ0v) is 13.4. The Morgan fingerprint density at radius 2 is 1.88 bits per heavy atom. The molecule has 0 radical (unpaired) electrons. The van der Waals surface area contributed by atoms with Crippen LogP contribution in [0.15, 0.2) is 48.5 Å². The molecule has 0 spiro atoms. The predicted octanol–water partition coefficient (Wildman–Crippen LogP) is 3.94. The van der Waals surface area contributed by atoms with E-state index in [9.17, 15) is 18.4 Å². The molecule has 1 saturated heterocycles. The first-order valence-electron chi connectivity index (χ1n) is 7.71. The molecule has 2 aromatic rings. The van der Waals surface area contributed by atoms with E-state index in [1.165, 1.54) is 17.0 Å². The van der Waals surface area contributed by atoms with Gasteiger partial charge in [-0.25, -0.2) is 4.79 Å². The molecule has 0 unspecified atom stereocenters. The summed E-state index contributed by atoms with van der Waals surface area (Å²) in [5, 5.41) is 0. The van der Waals surface area contributed by atoms with Crippen molar-refractivity contribution in [1.82, 2.24) is 0 Å². The summed E-state index contributed by atoms with van der Waals surface area (Å²) in [6, 6.07) is 13.0. The summed E-state index contributed by atoms with van der Waals surface area (Å²) in [7, 11) is 0. The van der Waals surface area contributed by atoms with Crippen LogP contribution >= 0.6 is 0 Å². The summed E-state index contributed by atoms with van der Waals surface area (Å²) >= 11 is 0. The molecule has 0 N–H and O–H groups in total. The first kappa shape index (κ1) is 16.9. The highest BCUT2D eigenvalue weighted by Gasteiger charge is 2.36. The molecule has 1 atom stereocenters. The molecular formula is C18H16F2N2O3. The van der Waals surface area contributed by atoms with Crippen molar-refractivity contribution in [1.29, 1.82) is 0 Å². The third kappa shape index (κ3) is 3.31. The Balaban J connectivity index is 1.92. The Morgan fingerprint density at radius 3 is 2.52 bits per heavy atom. The molecule has 130 valence electrons. The SMILES string of the molecule is C[C@@H]1CN(c2ccc(C=O)c(OC(F)F)c2)C(=O)N1c1ccccc1.